The largest absolute Gasteiger partial charge is 0.507 e. The Morgan fingerprint density at radius 2 is 2.08 bits per heavy atom. The lowest BCUT2D eigenvalue weighted by molar-refractivity contribution is 0.0534. The fraction of sp³-hybridized carbons (Fsp3) is 0.444. The number of phenols is 1. The number of anilines is 1. The second kappa shape index (κ2) is 7.51. The van der Waals surface area contributed by atoms with Crippen LogP contribution in [0.25, 0.3) is 11.3 Å². The van der Waals surface area contributed by atoms with Crippen molar-refractivity contribution in [3.63, 3.8) is 0 Å². The molecule has 3 heterocycles. The summed E-state index contributed by atoms with van der Waals surface area (Å²) in [7, 11) is 0. The van der Waals surface area contributed by atoms with Gasteiger partial charge in [-0.2, -0.15) is 0 Å². The van der Waals surface area contributed by atoms with Gasteiger partial charge in [0.2, 0.25) is 0 Å². The van der Waals surface area contributed by atoms with Crippen LogP contribution in [-0.4, -0.2) is 66.6 Å². The highest BCUT2D eigenvalue weighted by atomic mass is 32.1. The average molecular weight is 375 g/mol. The summed E-state index contributed by atoms with van der Waals surface area (Å²) in [5, 5.41) is 12.8. The molecule has 1 aromatic carbocycles. The Morgan fingerprint density at radius 3 is 2.81 bits per heavy atom. The molecule has 2 saturated heterocycles. The topological polar surface area (TPSA) is 75.1 Å². The van der Waals surface area contributed by atoms with Gasteiger partial charge in [-0.05, 0) is 12.1 Å². The minimum Gasteiger partial charge on any atom is -0.507 e. The number of hydrogen-bond donors (Lipinski definition) is 1. The van der Waals surface area contributed by atoms with Crippen molar-refractivity contribution in [2.45, 2.75) is 12.5 Å². The minimum absolute atomic E-state index is 0.111. The number of thiazole rings is 1. The summed E-state index contributed by atoms with van der Waals surface area (Å²) in [6.07, 6.45) is 0.412. The Bertz CT molecular complexity index is 767. The van der Waals surface area contributed by atoms with Crippen molar-refractivity contribution >= 4 is 22.6 Å². The lowest BCUT2D eigenvalue weighted by atomic mass is 10.1. The number of nitrogens with zero attached hydrogens (tertiary/aromatic N) is 3. The first-order valence-electron chi connectivity index (χ1n) is 8.73. The van der Waals surface area contributed by atoms with Crippen LogP contribution in [0.15, 0.2) is 29.6 Å². The number of para-hydroxylation sites is 1. The van der Waals surface area contributed by atoms with Crippen molar-refractivity contribution in [3.05, 3.63) is 29.6 Å². The standard InChI is InChI=1S/C18H21N3O4S/c22-16-4-2-1-3-14(16)15-12-26-17(19-15)20-6-8-21(9-7-20)18(23)25-13-5-10-24-11-13/h1-4,12-13,22H,5-11H2/t13-/m0/s1. The molecule has 0 radical (unpaired) electrons. The maximum atomic E-state index is 12.2. The molecule has 1 aromatic heterocycles. The number of aromatic nitrogens is 1. The Balaban J connectivity index is 1.35. The zero-order valence-electron chi connectivity index (χ0n) is 14.3. The van der Waals surface area contributed by atoms with Crippen molar-refractivity contribution in [1.82, 2.24) is 9.88 Å². The smallest absolute Gasteiger partial charge is 0.410 e. The van der Waals surface area contributed by atoms with Crippen LogP contribution in [0.4, 0.5) is 9.93 Å². The van der Waals surface area contributed by atoms with E-state index in [-0.39, 0.29) is 17.9 Å². The van der Waals surface area contributed by atoms with Crippen LogP contribution >= 0.6 is 11.3 Å². The van der Waals surface area contributed by atoms with E-state index in [9.17, 15) is 9.90 Å². The summed E-state index contributed by atoms with van der Waals surface area (Å²) < 4.78 is 10.7. The van der Waals surface area contributed by atoms with Crippen LogP contribution in [0, 0.1) is 0 Å². The Hall–Kier alpha value is -2.32. The number of phenolic OH excluding ortho intramolecular Hbond substituents is 1. The van der Waals surface area contributed by atoms with Gasteiger partial charge in [0.1, 0.15) is 11.9 Å². The fourth-order valence-corrected chi connectivity index (χ4v) is 4.01. The van der Waals surface area contributed by atoms with Gasteiger partial charge in [0, 0.05) is 43.5 Å². The molecule has 138 valence electrons. The second-order valence-electron chi connectivity index (χ2n) is 6.38. The van der Waals surface area contributed by atoms with Gasteiger partial charge in [-0.3, -0.25) is 0 Å². The first kappa shape index (κ1) is 17.1. The number of carbonyl (C=O) groups excluding carboxylic acids is 1. The van der Waals surface area contributed by atoms with Gasteiger partial charge >= 0.3 is 6.09 Å². The third kappa shape index (κ3) is 3.61. The quantitative estimate of drug-likeness (QED) is 0.889. The predicted octanol–water partition coefficient (Wildman–Crippen LogP) is 2.56. The van der Waals surface area contributed by atoms with Gasteiger partial charge in [-0.25, -0.2) is 9.78 Å². The molecule has 0 unspecified atom stereocenters. The van der Waals surface area contributed by atoms with Gasteiger partial charge in [-0.1, -0.05) is 12.1 Å². The van der Waals surface area contributed by atoms with Crippen LogP contribution < -0.4 is 4.90 Å². The molecule has 1 N–H and O–H groups in total. The molecule has 0 saturated carbocycles. The molecule has 26 heavy (non-hydrogen) atoms. The van der Waals surface area contributed by atoms with Gasteiger partial charge in [0.15, 0.2) is 5.13 Å². The molecule has 2 aromatic rings. The van der Waals surface area contributed by atoms with E-state index in [2.05, 4.69) is 9.88 Å². The van der Waals surface area contributed by atoms with Crippen molar-refractivity contribution in [2.75, 3.05) is 44.3 Å². The summed E-state index contributed by atoms with van der Waals surface area (Å²) in [6, 6.07) is 7.19. The molecule has 2 fully saturated rings. The van der Waals surface area contributed by atoms with Crippen LogP contribution in [0.1, 0.15) is 6.42 Å². The highest BCUT2D eigenvalue weighted by Crippen LogP contribution is 2.32. The normalized spacial score (nSPS) is 20.4. The van der Waals surface area contributed by atoms with Crippen molar-refractivity contribution < 1.29 is 19.4 Å². The molecule has 4 rings (SSSR count). The van der Waals surface area contributed by atoms with E-state index in [0.717, 1.165) is 22.8 Å². The number of piperazine rings is 1. The van der Waals surface area contributed by atoms with Gasteiger partial charge in [0.05, 0.1) is 18.9 Å². The van der Waals surface area contributed by atoms with Gasteiger partial charge < -0.3 is 24.4 Å². The predicted molar refractivity (Wildman–Crippen MR) is 98.7 cm³/mol. The van der Waals surface area contributed by atoms with E-state index in [1.54, 1.807) is 28.4 Å². The average Bonchev–Trinajstić information content (AvgIpc) is 3.34. The van der Waals surface area contributed by atoms with Crippen LogP contribution in [0.3, 0.4) is 0 Å². The molecule has 1 amide bonds. The van der Waals surface area contributed by atoms with Gasteiger partial charge in [0.25, 0.3) is 0 Å². The highest BCUT2D eigenvalue weighted by Gasteiger charge is 2.27. The number of benzene rings is 1. The molecule has 7 nitrogen and oxygen atoms in total. The zero-order chi connectivity index (χ0) is 17.9. The molecule has 0 spiro atoms. The Morgan fingerprint density at radius 1 is 1.27 bits per heavy atom. The van der Waals surface area contributed by atoms with Crippen molar-refractivity contribution in [1.29, 1.82) is 0 Å². The Kier molecular flexibility index (Phi) is 4.94. The second-order valence-corrected chi connectivity index (χ2v) is 7.21. The highest BCUT2D eigenvalue weighted by molar-refractivity contribution is 7.14. The van der Waals surface area contributed by atoms with E-state index < -0.39 is 0 Å². The summed E-state index contributed by atoms with van der Waals surface area (Å²) in [6.45, 7) is 3.80. The number of aromatic hydroxyl groups is 1. The first-order valence-corrected chi connectivity index (χ1v) is 9.61. The summed E-state index contributed by atoms with van der Waals surface area (Å²) in [5.74, 6) is 0.229. The molecule has 8 heteroatoms. The maximum absolute atomic E-state index is 12.2. The number of amides is 1. The van der Waals surface area contributed by atoms with E-state index in [0.29, 0.717) is 39.4 Å². The number of carbonyl (C=O) groups is 1. The van der Waals surface area contributed by atoms with E-state index in [1.165, 1.54) is 0 Å². The molecular formula is C18H21N3O4S. The van der Waals surface area contributed by atoms with Crippen molar-refractivity contribution in [3.8, 4) is 17.0 Å². The Labute approximate surface area is 155 Å². The van der Waals surface area contributed by atoms with Crippen LogP contribution in [0.2, 0.25) is 0 Å². The fourth-order valence-electron chi connectivity index (χ4n) is 3.13. The molecule has 0 bridgehead atoms. The number of hydrogen-bond acceptors (Lipinski definition) is 7. The lowest BCUT2D eigenvalue weighted by Crippen LogP contribution is -2.49. The monoisotopic (exact) mass is 375 g/mol. The number of ether oxygens (including phenoxy) is 2. The van der Waals surface area contributed by atoms with Gasteiger partial charge in [-0.15, -0.1) is 11.3 Å². The molecule has 2 aliphatic heterocycles. The summed E-state index contributed by atoms with van der Waals surface area (Å²) in [5.41, 5.74) is 1.50. The molecule has 0 aliphatic carbocycles. The molecular weight excluding hydrogens is 354 g/mol. The summed E-state index contributed by atoms with van der Waals surface area (Å²) >= 11 is 1.55. The van der Waals surface area contributed by atoms with E-state index >= 15 is 0 Å². The summed E-state index contributed by atoms with van der Waals surface area (Å²) in [4.78, 5) is 20.8. The molecule has 1 atom stereocenters. The third-order valence-electron chi connectivity index (χ3n) is 4.64. The van der Waals surface area contributed by atoms with E-state index in [4.69, 9.17) is 9.47 Å². The molecule has 2 aliphatic rings. The lowest BCUT2D eigenvalue weighted by Gasteiger charge is -2.34. The van der Waals surface area contributed by atoms with E-state index in [1.807, 2.05) is 17.5 Å². The zero-order valence-corrected chi connectivity index (χ0v) is 15.2. The van der Waals surface area contributed by atoms with Crippen molar-refractivity contribution in [2.24, 2.45) is 0 Å². The first-order chi connectivity index (χ1) is 12.7. The van der Waals surface area contributed by atoms with Crippen LogP contribution in [-0.2, 0) is 9.47 Å². The maximum Gasteiger partial charge on any atom is 0.410 e. The van der Waals surface area contributed by atoms with Crippen LogP contribution in [0.5, 0.6) is 5.75 Å². The number of rotatable bonds is 3. The third-order valence-corrected chi connectivity index (χ3v) is 5.54. The SMILES string of the molecule is O=C(O[C@H]1CCOC1)N1CCN(c2nc(-c3ccccc3O)cs2)CC1. The minimum atomic E-state index is -0.255.